The van der Waals surface area contributed by atoms with E-state index in [1.165, 1.54) is 31.2 Å². The molecule has 2 rings (SSSR count). The van der Waals surface area contributed by atoms with Crippen molar-refractivity contribution in [3.63, 3.8) is 0 Å². The minimum atomic E-state index is 0.538. The van der Waals surface area contributed by atoms with Crippen molar-refractivity contribution in [2.45, 2.75) is 45.2 Å². The Bertz CT molecular complexity index is 380. The Morgan fingerprint density at radius 1 is 1.33 bits per heavy atom. The third-order valence-corrected chi connectivity index (χ3v) is 3.89. The van der Waals surface area contributed by atoms with Crippen molar-refractivity contribution in [3.8, 4) is 0 Å². The van der Waals surface area contributed by atoms with E-state index in [0.717, 1.165) is 17.6 Å². The van der Waals surface area contributed by atoms with Gasteiger partial charge in [-0.3, -0.25) is 4.98 Å². The van der Waals surface area contributed by atoms with Gasteiger partial charge in [-0.1, -0.05) is 19.8 Å². The molecule has 0 unspecified atom stereocenters. The summed E-state index contributed by atoms with van der Waals surface area (Å²) in [5.41, 5.74) is 1.20. The van der Waals surface area contributed by atoms with E-state index in [-0.39, 0.29) is 0 Å². The predicted molar refractivity (Wildman–Crippen MR) is 78.2 cm³/mol. The van der Waals surface area contributed by atoms with E-state index in [1.54, 1.807) is 12.4 Å². The van der Waals surface area contributed by atoms with Gasteiger partial charge in [0, 0.05) is 25.0 Å². The molecule has 0 aromatic carbocycles. The first kappa shape index (κ1) is 13.3. The van der Waals surface area contributed by atoms with E-state index < -0.39 is 0 Å². The molecule has 3 nitrogen and oxygen atoms in total. The summed E-state index contributed by atoms with van der Waals surface area (Å²) < 4.78 is 0. The first-order chi connectivity index (χ1) is 8.75. The fourth-order valence-corrected chi connectivity index (χ4v) is 2.66. The Balaban J connectivity index is 1.75. The zero-order valence-electron chi connectivity index (χ0n) is 10.9. The Labute approximate surface area is 114 Å². The minimum Gasteiger partial charge on any atom is -0.360 e. The lowest BCUT2D eigenvalue weighted by Crippen LogP contribution is -2.45. The standard InChI is InChI=1S/C14H21N3S/c1-11-4-2-3-5-13(11)17-14(18)16-10-12-6-8-15-9-7-12/h6-9,11,13H,2-5,10H2,1H3,(H2,16,17,18)/t11-,13+/m0/s1. The van der Waals surface area contributed by atoms with Gasteiger partial charge in [0.15, 0.2) is 5.11 Å². The van der Waals surface area contributed by atoms with Crippen LogP contribution in [0.15, 0.2) is 24.5 Å². The topological polar surface area (TPSA) is 37.0 Å². The monoisotopic (exact) mass is 263 g/mol. The van der Waals surface area contributed by atoms with Crippen LogP contribution in [0.25, 0.3) is 0 Å². The van der Waals surface area contributed by atoms with Crippen molar-refractivity contribution in [1.29, 1.82) is 0 Å². The van der Waals surface area contributed by atoms with Crippen LogP contribution in [-0.2, 0) is 6.54 Å². The number of aromatic nitrogens is 1. The average Bonchev–Trinajstić information content (AvgIpc) is 2.40. The van der Waals surface area contributed by atoms with Crippen molar-refractivity contribution in [2.75, 3.05) is 0 Å². The highest BCUT2D eigenvalue weighted by Crippen LogP contribution is 2.23. The molecule has 0 radical (unpaired) electrons. The van der Waals surface area contributed by atoms with E-state index in [0.29, 0.717) is 6.04 Å². The summed E-state index contributed by atoms with van der Waals surface area (Å²) in [6.07, 6.45) is 8.82. The van der Waals surface area contributed by atoms with Gasteiger partial charge >= 0.3 is 0 Å². The molecule has 1 aliphatic carbocycles. The molecule has 1 aliphatic rings. The van der Waals surface area contributed by atoms with Crippen LogP contribution < -0.4 is 10.6 Å². The number of pyridine rings is 1. The SMILES string of the molecule is C[C@H]1CCCC[C@H]1NC(=S)NCc1ccncc1. The van der Waals surface area contributed by atoms with Crippen LogP contribution in [0.4, 0.5) is 0 Å². The number of hydrogen-bond donors (Lipinski definition) is 2. The molecule has 0 aliphatic heterocycles. The van der Waals surface area contributed by atoms with Crippen LogP contribution in [0, 0.1) is 5.92 Å². The van der Waals surface area contributed by atoms with Crippen molar-refractivity contribution in [3.05, 3.63) is 30.1 Å². The number of hydrogen-bond acceptors (Lipinski definition) is 2. The summed E-state index contributed by atoms with van der Waals surface area (Å²) in [5.74, 6) is 0.722. The van der Waals surface area contributed by atoms with Crippen molar-refractivity contribution < 1.29 is 0 Å². The molecular formula is C14H21N3S. The predicted octanol–water partition coefficient (Wildman–Crippen LogP) is 2.62. The van der Waals surface area contributed by atoms with E-state index in [9.17, 15) is 0 Å². The average molecular weight is 263 g/mol. The highest BCUT2D eigenvalue weighted by atomic mass is 32.1. The lowest BCUT2D eigenvalue weighted by Gasteiger charge is -2.30. The maximum Gasteiger partial charge on any atom is 0.166 e. The van der Waals surface area contributed by atoms with Gasteiger partial charge in [-0.05, 0) is 48.7 Å². The molecule has 1 fully saturated rings. The largest absolute Gasteiger partial charge is 0.360 e. The fourth-order valence-electron chi connectivity index (χ4n) is 2.43. The molecule has 2 atom stereocenters. The summed E-state index contributed by atoms with van der Waals surface area (Å²) in [5, 5.41) is 7.47. The van der Waals surface area contributed by atoms with Crippen LogP contribution in [0.2, 0.25) is 0 Å². The van der Waals surface area contributed by atoms with Crippen LogP contribution in [0.5, 0.6) is 0 Å². The number of rotatable bonds is 3. The Kier molecular flexibility index (Phi) is 4.93. The number of thiocarbonyl (C=S) groups is 1. The molecule has 1 aromatic rings. The molecule has 1 heterocycles. The zero-order valence-corrected chi connectivity index (χ0v) is 11.7. The first-order valence-corrected chi connectivity index (χ1v) is 7.10. The van der Waals surface area contributed by atoms with Gasteiger partial charge in [0.25, 0.3) is 0 Å². The maximum atomic E-state index is 5.35. The first-order valence-electron chi connectivity index (χ1n) is 6.69. The molecular weight excluding hydrogens is 242 g/mol. The van der Waals surface area contributed by atoms with Crippen LogP contribution in [0.1, 0.15) is 38.2 Å². The minimum absolute atomic E-state index is 0.538. The Hall–Kier alpha value is -1.16. The van der Waals surface area contributed by atoms with Gasteiger partial charge in [0.1, 0.15) is 0 Å². The Morgan fingerprint density at radius 2 is 2.06 bits per heavy atom. The van der Waals surface area contributed by atoms with E-state index in [4.69, 9.17) is 12.2 Å². The second-order valence-corrected chi connectivity index (χ2v) is 5.46. The van der Waals surface area contributed by atoms with E-state index in [1.807, 2.05) is 12.1 Å². The number of nitrogens with zero attached hydrogens (tertiary/aromatic N) is 1. The van der Waals surface area contributed by atoms with Gasteiger partial charge in [0.05, 0.1) is 0 Å². The summed E-state index contributed by atoms with van der Waals surface area (Å²) in [4.78, 5) is 4.00. The lowest BCUT2D eigenvalue weighted by molar-refractivity contribution is 0.308. The van der Waals surface area contributed by atoms with Crippen LogP contribution in [0.3, 0.4) is 0 Å². The smallest absolute Gasteiger partial charge is 0.166 e. The summed E-state index contributed by atoms with van der Waals surface area (Å²) in [7, 11) is 0. The third-order valence-electron chi connectivity index (χ3n) is 3.63. The molecule has 0 saturated heterocycles. The highest BCUT2D eigenvalue weighted by Gasteiger charge is 2.21. The van der Waals surface area contributed by atoms with Crippen molar-refractivity contribution in [2.24, 2.45) is 5.92 Å². The normalized spacial score (nSPS) is 23.4. The molecule has 0 spiro atoms. The summed E-state index contributed by atoms with van der Waals surface area (Å²) >= 11 is 5.35. The highest BCUT2D eigenvalue weighted by molar-refractivity contribution is 7.80. The van der Waals surface area contributed by atoms with Gasteiger partial charge in [-0.2, -0.15) is 0 Å². The molecule has 18 heavy (non-hydrogen) atoms. The van der Waals surface area contributed by atoms with Gasteiger partial charge in [-0.15, -0.1) is 0 Å². The molecule has 2 N–H and O–H groups in total. The zero-order chi connectivity index (χ0) is 12.8. The quantitative estimate of drug-likeness (QED) is 0.822. The summed E-state index contributed by atoms with van der Waals surface area (Å²) in [6, 6.07) is 4.54. The molecule has 4 heteroatoms. The molecule has 0 amide bonds. The van der Waals surface area contributed by atoms with Gasteiger partial charge < -0.3 is 10.6 Å². The van der Waals surface area contributed by atoms with Gasteiger partial charge in [-0.25, -0.2) is 0 Å². The fraction of sp³-hybridized carbons (Fsp3) is 0.571. The molecule has 1 aromatic heterocycles. The summed E-state index contributed by atoms with van der Waals surface area (Å²) in [6.45, 7) is 3.07. The van der Waals surface area contributed by atoms with E-state index >= 15 is 0 Å². The van der Waals surface area contributed by atoms with E-state index in [2.05, 4.69) is 22.5 Å². The molecule has 98 valence electrons. The van der Waals surface area contributed by atoms with Crippen LogP contribution in [-0.4, -0.2) is 16.1 Å². The van der Waals surface area contributed by atoms with Gasteiger partial charge in [0.2, 0.25) is 0 Å². The maximum absolute atomic E-state index is 5.35. The second kappa shape index (κ2) is 6.69. The second-order valence-electron chi connectivity index (χ2n) is 5.05. The third kappa shape index (κ3) is 3.95. The Morgan fingerprint density at radius 3 is 2.78 bits per heavy atom. The van der Waals surface area contributed by atoms with Crippen molar-refractivity contribution in [1.82, 2.24) is 15.6 Å². The van der Waals surface area contributed by atoms with Crippen molar-refractivity contribution >= 4 is 17.3 Å². The molecule has 1 saturated carbocycles. The molecule has 0 bridgehead atoms. The lowest BCUT2D eigenvalue weighted by atomic mass is 9.86. The van der Waals surface area contributed by atoms with Crippen LogP contribution >= 0.6 is 12.2 Å². The number of nitrogens with one attached hydrogen (secondary N) is 2.